The first-order valence-corrected chi connectivity index (χ1v) is 7.22. The summed E-state index contributed by atoms with van der Waals surface area (Å²) < 4.78 is 13.3. The minimum absolute atomic E-state index is 0.0178. The van der Waals surface area contributed by atoms with Crippen LogP contribution in [0.15, 0.2) is 22.7 Å². The summed E-state index contributed by atoms with van der Waals surface area (Å²) in [4.78, 5) is 22.5. The van der Waals surface area contributed by atoms with E-state index < -0.39 is 11.8 Å². The molecule has 0 radical (unpaired) electrons. The van der Waals surface area contributed by atoms with Gasteiger partial charge in [-0.05, 0) is 52.9 Å². The van der Waals surface area contributed by atoms with Crippen molar-refractivity contribution in [2.24, 2.45) is 11.8 Å². The van der Waals surface area contributed by atoms with Gasteiger partial charge < -0.3 is 10.4 Å². The van der Waals surface area contributed by atoms with E-state index in [1.54, 1.807) is 0 Å². The van der Waals surface area contributed by atoms with Crippen LogP contribution in [0, 0.1) is 23.1 Å². The lowest BCUT2D eigenvalue weighted by atomic mass is 9.71. The van der Waals surface area contributed by atoms with Gasteiger partial charge in [-0.1, -0.05) is 0 Å². The summed E-state index contributed by atoms with van der Waals surface area (Å²) in [6, 6.07) is 4.12. The highest BCUT2D eigenvalue weighted by Gasteiger charge is 2.37. The molecule has 0 bridgehead atoms. The van der Waals surface area contributed by atoms with Crippen LogP contribution in [-0.2, 0) is 9.59 Å². The number of rotatable bonds is 5. The van der Waals surface area contributed by atoms with E-state index in [-0.39, 0.29) is 34.3 Å². The molecule has 1 aliphatic rings. The predicted octanol–water partition coefficient (Wildman–Crippen LogP) is 3.05. The van der Waals surface area contributed by atoms with Gasteiger partial charge in [0.05, 0.1) is 4.47 Å². The van der Waals surface area contributed by atoms with E-state index >= 15 is 0 Å². The average molecular weight is 357 g/mol. The largest absolute Gasteiger partial charge is 0.481 e. The molecule has 0 saturated heterocycles. The van der Waals surface area contributed by atoms with Gasteiger partial charge in [-0.15, -0.1) is 0 Å². The predicted molar refractivity (Wildman–Crippen MR) is 78.9 cm³/mol. The molecule has 7 heteroatoms. The van der Waals surface area contributed by atoms with Gasteiger partial charge in [0.15, 0.2) is 5.84 Å². The lowest BCUT2D eigenvalue weighted by Crippen LogP contribution is -2.38. The van der Waals surface area contributed by atoms with Gasteiger partial charge in [-0.25, -0.2) is 4.39 Å². The molecule has 0 aliphatic heterocycles. The molecule has 0 heterocycles. The zero-order valence-corrected chi connectivity index (χ0v) is 12.6. The van der Waals surface area contributed by atoms with Crippen molar-refractivity contribution in [3.8, 4) is 0 Å². The third-order valence-electron chi connectivity index (χ3n) is 3.51. The average Bonchev–Trinajstić information content (AvgIpc) is 2.36. The first-order chi connectivity index (χ1) is 9.86. The smallest absolute Gasteiger partial charge is 0.303 e. The number of ketones is 1. The first-order valence-electron chi connectivity index (χ1n) is 6.43. The summed E-state index contributed by atoms with van der Waals surface area (Å²) in [7, 11) is 0. The summed E-state index contributed by atoms with van der Waals surface area (Å²) in [5, 5.41) is 19.0. The molecule has 2 rings (SSSR count). The van der Waals surface area contributed by atoms with Gasteiger partial charge in [0.2, 0.25) is 5.78 Å². The molecule has 0 atom stereocenters. The molecule has 1 fully saturated rings. The normalized spacial score (nSPS) is 20.5. The van der Waals surface area contributed by atoms with Crippen molar-refractivity contribution in [2.45, 2.75) is 19.3 Å². The fourth-order valence-electron chi connectivity index (χ4n) is 2.35. The Kier molecular flexibility index (Phi) is 4.72. The van der Waals surface area contributed by atoms with Crippen molar-refractivity contribution in [1.29, 1.82) is 5.41 Å². The van der Waals surface area contributed by atoms with Gasteiger partial charge in [0, 0.05) is 18.0 Å². The Hall–Kier alpha value is -1.76. The number of halogens is 2. The number of carbonyl (C=O) groups excluding carboxylic acids is 1. The molecule has 3 N–H and O–H groups in total. The maximum absolute atomic E-state index is 13.1. The van der Waals surface area contributed by atoms with Crippen LogP contribution in [0.3, 0.4) is 0 Å². The standard InChI is InChI=1S/C14H14BrFN2O3/c15-10-6-9(1-2-11(10)16)18-14(17)13(21)8-3-7(4-8)5-12(19)20/h1-2,6-8H,3-5H2,(H2,17,18)(H,19,20). The van der Waals surface area contributed by atoms with Gasteiger partial charge in [0.1, 0.15) is 5.82 Å². The molecule has 0 unspecified atom stereocenters. The lowest BCUT2D eigenvalue weighted by Gasteiger charge is -2.33. The molecular weight excluding hydrogens is 343 g/mol. The van der Waals surface area contributed by atoms with Crippen molar-refractivity contribution in [2.75, 3.05) is 5.32 Å². The van der Waals surface area contributed by atoms with Crippen LogP contribution in [0.1, 0.15) is 19.3 Å². The Bertz CT molecular complexity index is 600. The molecule has 1 saturated carbocycles. The molecule has 0 spiro atoms. The van der Waals surface area contributed by atoms with E-state index in [0.29, 0.717) is 18.5 Å². The van der Waals surface area contributed by atoms with E-state index in [1.807, 2.05) is 0 Å². The number of amidine groups is 1. The third kappa shape index (κ3) is 3.87. The van der Waals surface area contributed by atoms with Crippen LogP contribution >= 0.6 is 15.9 Å². The number of carboxylic acids is 1. The maximum Gasteiger partial charge on any atom is 0.303 e. The van der Waals surface area contributed by atoms with E-state index in [1.165, 1.54) is 18.2 Å². The van der Waals surface area contributed by atoms with Crippen LogP contribution in [0.25, 0.3) is 0 Å². The van der Waals surface area contributed by atoms with Crippen LogP contribution in [0.4, 0.5) is 10.1 Å². The summed E-state index contributed by atoms with van der Waals surface area (Å²) in [6.07, 6.45) is 1.07. The molecule has 0 amide bonds. The van der Waals surface area contributed by atoms with Crippen LogP contribution in [0.5, 0.6) is 0 Å². The molecule has 112 valence electrons. The summed E-state index contributed by atoms with van der Waals surface area (Å²) in [5.74, 6) is -2.16. The SMILES string of the molecule is N=C(Nc1ccc(F)c(Br)c1)C(=O)C1CC(CC(=O)O)C1. The Balaban J connectivity index is 1.88. The summed E-state index contributed by atoms with van der Waals surface area (Å²) >= 11 is 3.03. The minimum atomic E-state index is -0.865. The van der Waals surface area contributed by atoms with Crippen molar-refractivity contribution in [3.05, 3.63) is 28.5 Å². The van der Waals surface area contributed by atoms with E-state index in [0.717, 1.165) is 0 Å². The first kappa shape index (κ1) is 15.6. The number of hydrogen-bond donors (Lipinski definition) is 3. The van der Waals surface area contributed by atoms with Crippen molar-refractivity contribution in [3.63, 3.8) is 0 Å². The highest BCUT2D eigenvalue weighted by atomic mass is 79.9. The fraction of sp³-hybridized carbons (Fsp3) is 0.357. The monoisotopic (exact) mass is 356 g/mol. The second-order valence-corrected chi connectivity index (χ2v) is 5.98. The van der Waals surface area contributed by atoms with Gasteiger partial charge in [-0.3, -0.25) is 15.0 Å². The molecule has 1 aliphatic carbocycles. The van der Waals surface area contributed by atoms with E-state index in [2.05, 4.69) is 21.2 Å². The van der Waals surface area contributed by atoms with Crippen molar-refractivity contribution >= 4 is 39.2 Å². The second-order valence-electron chi connectivity index (χ2n) is 5.13. The highest BCUT2D eigenvalue weighted by molar-refractivity contribution is 9.10. The van der Waals surface area contributed by atoms with Crippen LogP contribution < -0.4 is 5.32 Å². The molecule has 0 aromatic heterocycles. The Labute approximate surface area is 129 Å². The molecule has 5 nitrogen and oxygen atoms in total. The van der Waals surface area contributed by atoms with Crippen LogP contribution in [0.2, 0.25) is 0 Å². The number of Topliss-reactive ketones (excluding diaryl/α,β-unsaturated/α-hetero) is 1. The Morgan fingerprint density at radius 3 is 2.67 bits per heavy atom. The zero-order chi connectivity index (χ0) is 15.6. The van der Waals surface area contributed by atoms with Crippen molar-refractivity contribution in [1.82, 2.24) is 0 Å². The van der Waals surface area contributed by atoms with Gasteiger partial charge in [-0.2, -0.15) is 0 Å². The molecular formula is C14H14BrFN2O3. The topological polar surface area (TPSA) is 90.3 Å². The van der Waals surface area contributed by atoms with Gasteiger partial charge in [0.25, 0.3) is 0 Å². The quantitative estimate of drug-likeness (QED) is 0.558. The number of benzene rings is 1. The van der Waals surface area contributed by atoms with E-state index in [9.17, 15) is 14.0 Å². The summed E-state index contributed by atoms with van der Waals surface area (Å²) in [6.45, 7) is 0. The van der Waals surface area contributed by atoms with Crippen LogP contribution in [-0.4, -0.2) is 22.7 Å². The molecule has 1 aromatic carbocycles. The van der Waals surface area contributed by atoms with Crippen molar-refractivity contribution < 1.29 is 19.1 Å². The molecule has 21 heavy (non-hydrogen) atoms. The number of carboxylic acid groups (broad SMARTS) is 1. The Morgan fingerprint density at radius 1 is 1.43 bits per heavy atom. The third-order valence-corrected chi connectivity index (χ3v) is 4.11. The Morgan fingerprint density at radius 2 is 2.10 bits per heavy atom. The lowest BCUT2D eigenvalue weighted by molar-refractivity contribution is -0.140. The van der Waals surface area contributed by atoms with E-state index in [4.69, 9.17) is 10.5 Å². The number of hydrogen-bond acceptors (Lipinski definition) is 3. The summed E-state index contributed by atoms with van der Waals surface area (Å²) in [5.41, 5.74) is 0.447. The zero-order valence-electron chi connectivity index (χ0n) is 11.0. The van der Waals surface area contributed by atoms with Gasteiger partial charge >= 0.3 is 5.97 Å². The number of nitrogens with one attached hydrogen (secondary N) is 2. The number of carbonyl (C=O) groups is 2. The second kappa shape index (κ2) is 6.34. The number of anilines is 1. The minimum Gasteiger partial charge on any atom is -0.481 e. The number of aliphatic carboxylic acids is 1. The highest BCUT2D eigenvalue weighted by Crippen LogP contribution is 2.36. The molecule has 1 aromatic rings. The maximum atomic E-state index is 13.1. The fourth-order valence-corrected chi connectivity index (χ4v) is 2.73.